The zero-order valence-electron chi connectivity index (χ0n) is 17.0. The van der Waals surface area contributed by atoms with Gasteiger partial charge in [-0.1, -0.05) is 36.4 Å². The minimum absolute atomic E-state index is 0.334. The number of nitrogens with zero attached hydrogens (tertiary/aromatic N) is 3. The average Bonchev–Trinajstić information content (AvgIpc) is 3.11. The van der Waals surface area contributed by atoms with Crippen LogP contribution in [0.4, 0.5) is 10.6 Å². The fourth-order valence-electron chi connectivity index (χ4n) is 4.27. The van der Waals surface area contributed by atoms with E-state index in [4.69, 9.17) is 0 Å². The molecule has 2 aliphatic rings. The Morgan fingerprint density at radius 2 is 1.87 bits per heavy atom. The second-order valence-corrected chi connectivity index (χ2v) is 8.96. The lowest BCUT2D eigenvalue weighted by Gasteiger charge is -2.33. The number of carbonyl (C=O) groups is 2. The molecular formula is C24H22N4O2S. The van der Waals surface area contributed by atoms with Crippen molar-refractivity contribution >= 4 is 45.7 Å². The van der Waals surface area contributed by atoms with Crippen LogP contribution in [0.1, 0.15) is 24.0 Å². The molecule has 2 aliphatic heterocycles. The van der Waals surface area contributed by atoms with E-state index in [2.05, 4.69) is 50.5 Å². The number of imide groups is 1. The fraction of sp³-hybridized carbons (Fsp3) is 0.250. The SMILES string of the molecule is O=C1NC(=O)/C(=C\c2ccc3ncnc(N4CCC(Cc5ccccc5)CC4)c3c2)S1. The third-order valence-corrected chi connectivity index (χ3v) is 6.67. The number of hydrogen-bond donors (Lipinski definition) is 1. The molecule has 2 aromatic carbocycles. The van der Waals surface area contributed by atoms with Gasteiger partial charge in [0.2, 0.25) is 0 Å². The maximum Gasteiger partial charge on any atom is 0.290 e. The molecule has 1 N–H and O–H groups in total. The summed E-state index contributed by atoms with van der Waals surface area (Å²) in [6, 6.07) is 16.5. The molecule has 0 radical (unpaired) electrons. The first kappa shape index (κ1) is 19.8. The van der Waals surface area contributed by atoms with Gasteiger partial charge in [0.1, 0.15) is 12.1 Å². The highest BCUT2D eigenvalue weighted by atomic mass is 32.2. The Balaban J connectivity index is 1.36. The number of piperidine rings is 1. The van der Waals surface area contributed by atoms with Crippen molar-refractivity contribution in [2.45, 2.75) is 19.3 Å². The molecule has 0 spiro atoms. The Labute approximate surface area is 184 Å². The number of anilines is 1. The topological polar surface area (TPSA) is 75.2 Å². The van der Waals surface area contributed by atoms with Crippen LogP contribution in [0.3, 0.4) is 0 Å². The van der Waals surface area contributed by atoms with E-state index in [0.717, 1.165) is 66.4 Å². The predicted molar refractivity (Wildman–Crippen MR) is 124 cm³/mol. The first-order chi connectivity index (χ1) is 15.2. The van der Waals surface area contributed by atoms with Gasteiger partial charge in [0, 0.05) is 18.5 Å². The standard InChI is InChI=1S/C24H22N4O2S/c29-23-21(31-24(30)27-23)14-18-6-7-20-19(13-18)22(26-15-25-20)28-10-8-17(9-11-28)12-16-4-2-1-3-5-16/h1-7,13-15,17H,8-12H2,(H,27,29,30)/b21-14+. The van der Waals surface area contributed by atoms with E-state index in [1.54, 1.807) is 12.4 Å². The highest BCUT2D eigenvalue weighted by Gasteiger charge is 2.25. The molecule has 2 saturated heterocycles. The number of hydrogen-bond acceptors (Lipinski definition) is 6. The smallest absolute Gasteiger partial charge is 0.290 e. The Morgan fingerprint density at radius 3 is 2.61 bits per heavy atom. The summed E-state index contributed by atoms with van der Waals surface area (Å²) < 4.78 is 0. The lowest BCUT2D eigenvalue weighted by Crippen LogP contribution is -2.35. The van der Waals surface area contributed by atoms with Crippen LogP contribution < -0.4 is 10.2 Å². The van der Waals surface area contributed by atoms with Crippen LogP contribution in [-0.4, -0.2) is 34.2 Å². The van der Waals surface area contributed by atoms with Crippen LogP contribution >= 0.6 is 11.8 Å². The van der Waals surface area contributed by atoms with E-state index < -0.39 is 0 Å². The monoisotopic (exact) mass is 430 g/mol. The van der Waals surface area contributed by atoms with E-state index in [9.17, 15) is 9.59 Å². The summed E-state index contributed by atoms with van der Waals surface area (Å²) in [5.41, 5.74) is 3.13. The first-order valence-electron chi connectivity index (χ1n) is 10.4. The molecule has 2 fully saturated rings. The molecule has 3 heterocycles. The number of carbonyl (C=O) groups excluding carboxylic acids is 2. The van der Waals surface area contributed by atoms with Gasteiger partial charge in [-0.2, -0.15) is 0 Å². The van der Waals surface area contributed by atoms with Gasteiger partial charge < -0.3 is 4.90 Å². The lowest BCUT2D eigenvalue weighted by molar-refractivity contribution is -0.115. The summed E-state index contributed by atoms with van der Waals surface area (Å²) in [7, 11) is 0. The van der Waals surface area contributed by atoms with Gasteiger partial charge >= 0.3 is 0 Å². The van der Waals surface area contributed by atoms with Gasteiger partial charge in [-0.3, -0.25) is 14.9 Å². The van der Waals surface area contributed by atoms with Gasteiger partial charge in [-0.05, 0) is 66.3 Å². The molecule has 0 saturated carbocycles. The summed E-state index contributed by atoms with van der Waals surface area (Å²) in [6.07, 6.45) is 6.74. The molecular weight excluding hydrogens is 408 g/mol. The number of benzene rings is 2. The average molecular weight is 431 g/mol. The van der Waals surface area contributed by atoms with Crippen molar-refractivity contribution in [1.29, 1.82) is 0 Å². The van der Waals surface area contributed by atoms with Crippen LogP contribution in [-0.2, 0) is 11.2 Å². The molecule has 156 valence electrons. The molecule has 2 amide bonds. The van der Waals surface area contributed by atoms with Crippen LogP contribution in [0.2, 0.25) is 0 Å². The van der Waals surface area contributed by atoms with Crippen molar-refractivity contribution in [3.8, 4) is 0 Å². The number of fused-ring (bicyclic) bond motifs is 1. The normalized spacial score (nSPS) is 18.7. The summed E-state index contributed by atoms with van der Waals surface area (Å²) in [5.74, 6) is 1.27. The minimum Gasteiger partial charge on any atom is -0.356 e. The van der Waals surface area contributed by atoms with Gasteiger partial charge in [-0.25, -0.2) is 9.97 Å². The van der Waals surface area contributed by atoms with Crippen molar-refractivity contribution in [3.05, 3.63) is 70.9 Å². The molecule has 7 heteroatoms. The second kappa shape index (κ2) is 8.51. The summed E-state index contributed by atoms with van der Waals surface area (Å²) >= 11 is 0.927. The van der Waals surface area contributed by atoms with Gasteiger partial charge in [0.05, 0.1) is 10.4 Å². The molecule has 3 aromatic rings. The third kappa shape index (κ3) is 4.32. The fourth-order valence-corrected chi connectivity index (χ4v) is 4.95. The third-order valence-electron chi connectivity index (χ3n) is 5.86. The zero-order chi connectivity index (χ0) is 21.2. The van der Waals surface area contributed by atoms with Gasteiger partial charge in [0.25, 0.3) is 11.1 Å². The molecule has 31 heavy (non-hydrogen) atoms. The molecule has 0 bridgehead atoms. The maximum atomic E-state index is 11.9. The van der Waals surface area contributed by atoms with E-state index in [-0.39, 0.29) is 11.1 Å². The lowest BCUT2D eigenvalue weighted by atomic mass is 9.90. The largest absolute Gasteiger partial charge is 0.356 e. The summed E-state index contributed by atoms with van der Waals surface area (Å²) in [5, 5.41) is 2.92. The number of nitrogens with one attached hydrogen (secondary N) is 1. The van der Waals surface area contributed by atoms with E-state index in [1.807, 2.05) is 18.2 Å². The molecule has 5 rings (SSSR count). The Kier molecular flexibility index (Phi) is 5.42. The Bertz CT molecular complexity index is 1170. The molecule has 0 atom stereocenters. The second-order valence-electron chi connectivity index (χ2n) is 7.95. The van der Waals surface area contributed by atoms with Crippen molar-refractivity contribution in [3.63, 3.8) is 0 Å². The van der Waals surface area contributed by atoms with Gasteiger partial charge in [-0.15, -0.1) is 0 Å². The van der Waals surface area contributed by atoms with Crippen LogP contribution in [0.25, 0.3) is 17.0 Å². The molecule has 1 aromatic heterocycles. The van der Waals surface area contributed by atoms with E-state index in [1.165, 1.54) is 5.56 Å². The van der Waals surface area contributed by atoms with Crippen LogP contribution in [0, 0.1) is 5.92 Å². The zero-order valence-corrected chi connectivity index (χ0v) is 17.8. The van der Waals surface area contributed by atoms with Crippen molar-refractivity contribution in [1.82, 2.24) is 15.3 Å². The number of amides is 2. The van der Waals surface area contributed by atoms with E-state index >= 15 is 0 Å². The Morgan fingerprint density at radius 1 is 1.06 bits per heavy atom. The van der Waals surface area contributed by atoms with Crippen molar-refractivity contribution in [2.75, 3.05) is 18.0 Å². The minimum atomic E-state index is -0.347. The molecule has 0 unspecified atom stereocenters. The van der Waals surface area contributed by atoms with Crippen LogP contribution in [0.15, 0.2) is 59.8 Å². The number of aromatic nitrogens is 2. The number of thioether (sulfide) groups is 1. The summed E-state index contributed by atoms with van der Waals surface area (Å²) in [4.78, 5) is 35.1. The Hall–Kier alpha value is -3.19. The van der Waals surface area contributed by atoms with Crippen LogP contribution in [0.5, 0.6) is 0 Å². The highest BCUT2D eigenvalue weighted by Crippen LogP contribution is 2.31. The number of rotatable bonds is 4. The quantitative estimate of drug-likeness (QED) is 0.618. The van der Waals surface area contributed by atoms with Gasteiger partial charge in [0.15, 0.2) is 0 Å². The van der Waals surface area contributed by atoms with Crippen molar-refractivity contribution < 1.29 is 9.59 Å². The highest BCUT2D eigenvalue weighted by molar-refractivity contribution is 8.18. The van der Waals surface area contributed by atoms with Crippen molar-refractivity contribution in [2.24, 2.45) is 5.92 Å². The first-order valence-corrected chi connectivity index (χ1v) is 11.3. The molecule has 0 aliphatic carbocycles. The van der Waals surface area contributed by atoms with E-state index in [0.29, 0.717) is 10.8 Å². The predicted octanol–water partition coefficient (Wildman–Crippen LogP) is 4.41. The summed E-state index contributed by atoms with van der Waals surface area (Å²) in [6.45, 7) is 1.92. The molecule has 6 nitrogen and oxygen atoms in total. The maximum absolute atomic E-state index is 11.9.